The fourth-order valence-electron chi connectivity index (χ4n) is 0. The van der Waals surface area contributed by atoms with Gasteiger partial charge < -0.3 is 14.3 Å². The second-order valence-electron chi connectivity index (χ2n) is 0.402. The summed E-state index contributed by atoms with van der Waals surface area (Å²) in [6, 6.07) is -0.833. The molecule has 0 saturated carbocycles. The van der Waals surface area contributed by atoms with Gasteiger partial charge in [-0.1, -0.05) is 0 Å². The molecule has 0 aliphatic rings. The molecule has 0 rings (SSSR count). The first-order valence-electron chi connectivity index (χ1n) is 0.781. The molecule has 5 heteroatoms. The maximum absolute atomic E-state index is 9.00. The minimum atomic E-state index is -0.833. The number of hydrogen-bond donors (Lipinski definition) is 2. The standard InChI is InChI=1S/CH4N2O.ClH.Sr.2H/c2-1(3)4;;;;/h(H4,2,3,4);1H;;;/q;;+2;2*-1. The number of amides is 2. The number of carbonyl (C=O) groups excluding carboxylic acids is 1. The van der Waals surface area contributed by atoms with Crippen molar-refractivity contribution in [2.45, 2.75) is 0 Å². The molecule has 3 nitrogen and oxygen atoms in total. The van der Waals surface area contributed by atoms with Crippen LogP contribution in [0.2, 0.25) is 0 Å². The molecule has 0 spiro atoms. The summed E-state index contributed by atoms with van der Waals surface area (Å²) in [5, 5.41) is 0. The van der Waals surface area contributed by atoms with Gasteiger partial charge in [-0.3, -0.25) is 0 Å². The summed E-state index contributed by atoms with van der Waals surface area (Å²) in [7, 11) is 0. The van der Waals surface area contributed by atoms with Crippen LogP contribution in [-0.4, -0.2) is 51.5 Å². The van der Waals surface area contributed by atoms with E-state index >= 15 is 0 Å². The second kappa shape index (κ2) is 9.40. The first-order valence-corrected chi connectivity index (χ1v) is 0.781. The molecule has 0 aliphatic carbocycles. The predicted molar refractivity (Wildman–Crippen MR) is 29.0 cm³/mol. The van der Waals surface area contributed by atoms with E-state index in [1.807, 2.05) is 0 Å². The summed E-state index contributed by atoms with van der Waals surface area (Å²) >= 11 is 0. The molecular formula is CH7ClN2OSr. The van der Waals surface area contributed by atoms with Crippen molar-refractivity contribution in [2.75, 3.05) is 0 Å². The molecule has 0 aliphatic heterocycles. The number of hydrogen-bond acceptors (Lipinski definition) is 1. The average Bonchev–Trinajstić information content (AvgIpc) is 0.811. The number of rotatable bonds is 0. The predicted octanol–water partition coefficient (Wildman–Crippen LogP) is -0.710. The topological polar surface area (TPSA) is 69.1 Å². The monoisotopic (exact) mass is 186 g/mol. The van der Waals surface area contributed by atoms with Crippen molar-refractivity contribution in [3.05, 3.63) is 0 Å². The first kappa shape index (κ1) is 15.7. The Hall–Kier alpha value is 1.04. The molecule has 0 unspecified atom stereocenters. The van der Waals surface area contributed by atoms with Crippen LogP contribution in [-0.2, 0) is 0 Å². The Morgan fingerprint density at radius 3 is 1.50 bits per heavy atom. The van der Waals surface area contributed by atoms with Gasteiger partial charge >= 0.3 is 51.5 Å². The molecule has 0 aromatic rings. The van der Waals surface area contributed by atoms with Gasteiger partial charge in [-0.05, 0) is 0 Å². The quantitative estimate of drug-likeness (QED) is 0.482. The molecule has 4 N–H and O–H groups in total. The molecule has 6 heavy (non-hydrogen) atoms. The molecule has 0 fully saturated rings. The Bertz CT molecular complexity index is 43.0. The summed E-state index contributed by atoms with van der Waals surface area (Å²) in [4.78, 5) is 9.00. The van der Waals surface area contributed by atoms with Crippen LogP contribution in [0.15, 0.2) is 0 Å². The van der Waals surface area contributed by atoms with E-state index in [1.54, 1.807) is 0 Å². The van der Waals surface area contributed by atoms with E-state index in [2.05, 4.69) is 11.5 Å². The van der Waals surface area contributed by atoms with Crippen LogP contribution in [0.3, 0.4) is 0 Å². The van der Waals surface area contributed by atoms with Crippen molar-refractivity contribution in [1.29, 1.82) is 0 Å². The van der Waals surface area contributed by atoms with Crippen molar-refractivity contribution in [3.8, 4) is 0 Å². The fourth-order valence-corrected chi connectivity index (χ4v) is 0. The molecule has 0 radical (unpaired) electrons. The van der Waals surface area contributed by atoms with E-state index in [-0.39, 0.29) is 60.7 Å². The number of urea groups is 1. The van der Waals surface area contributed by atoms with Crippen molar-refractivity contribution in [1.82, 2.24) is 0 Å². The van der Waals surface area contributed by atoms with Crippen molar-refractivity contribution < 1.29 is 7.65 Å². The van der Waals surface area contributed by atoms with Crippen LogP contribution >= 0.6 is 12.4 Å². The molecule has 0 atom stereocenters. The van der Waals surface area contributed by atoms with Crippen LogP contribution < -0.4 is 11.5 Å². The van der Waals surface area contributed by atoms with E-state index in [0.29, 0.717) is 0 Å². The molecule has 0 aromatic heterocycles. The fraction of sp³-hybridized carbons (Fsp3) is 0. The second-order valence-corrected chi connectivity index (χ2v) is 0.402. The molecule has 2 amide bonds. The van der Waals surface area contributed by atoms with E-state index in [9.17, 15) is 0 Å². The van der Waals surface area contributed by atoms with E-state index in [1.165, 1.54) is 0 Å². The Kier molecular flexibility index (Phi) is 24.7. The van der Waals surface area contributed by atoms with Gasteiger partial charge in [0.1, 0.15) is 0 Å². The molecule has 0 heterocycles. The summed E-state index contributed by atoms with van der Waals surface area (Å²) in [5.74, 6) is 0. The van der Waals surface area contributed by atoms with Gasteiger partial charge in [0, 0.05) is 0 Å². The maximum atomic E-state index is 9.00. The minimum Gasteiger partial charge on any atom is -1.00 e. The van der Waals surface area contributed by atoms with Gasteiger partial charge in [-0.2, -0.15) is 0 Å². The number of nitrogens with two attached hydrogens (primary N) is 2. The van der Waals surface area contributed by atoms with Crippen LogP contribution in [0.5, 0.6) is 0 Å². The van der Waals surface area contributed by atoms with Crippen LogP contribution in [0.4, 0.5) is 4.79 Å². The van der Waals surface area contributed by atoms with Gasteiger partial charge in [0.2, 0.25) is 0 Å². The van der Waals surface area contributed by atoms with Crippen molar-refractivity contribution in [2.24, 2.45) is 11.5 Å². The van der Waals surface area contributed by atoms with E-state index in [0.717, 1.165) is 0 Å². The SMILES string of the molecule is Cl.NC(N)=O.[H-].[H-].[Sr+2]. The third-order valence-electron chi connectivity index (χ3n) is 0. The van der Waals surface area contributed by atoms with Gasteiger partial charge in [0.05, 0.1) is 0 Å². The van der Waals surface area contributed by atoms with Crippen LogP contribution in [0.25, 0.3) is 0 Å². The van der Waals surface area contributed by atoms with Crippen molar-refractivity contribution >= 4 is 63.9 Å². The third-order valence-corrected chi connectivity index (χ3v) is 0. The zero-order valence-corrected chi connectivity index (χ0v) is 7.47. The van der Waals surface area contributed by atoms with Gasteiger partial charge in [0.15, 0.2) is 0 Å². The average molecular weight is 186 g/mol. The molecular weight excluding hydrogens is 179 g/mol. The maximum Gasteiger partial charge on any atom is 2.00 e. The summed E-state index contributed by atoms with van der Waals surface area (Å²) < 4.78 is 0. The van der Waals surface area contributed by atoms with Gasteiger partial charge in [-0.15, -0.1) is 12.4 Å². The zero-order chi connectivity index (χ0) is 3.58. The molecule has 36 valence electrons. The van der Waals surface area contributed by atoms with E-state index < -0.39 is 6.03 Å². The molecule has 0 aromatic carbocycles. The number of carbonyl (C=O) groups is 1. The van der Waals surface area contributed by atoms with E-state index in [4.69, 9.17) is 4.79 Å². The molecule has 0 saturated heterocycles. The van der Waals surface area contributed by atoms with Crippen LogP contribution in [0, 0.1) is 0 Å². The summed E-state index contributed by atoms with van der Waals surface area (Å²) in [6.45, 7) is 0. The van der Waals surface area contributed by atoms with Crippen LogP contribution in [0.1, 0.15) is 2.85 Å². The normalized spacial score (nSPS) is 4.00. The number of halogens is 1. The largest absolute Gasteiger partial charge is 2.00 e. The Balaban J connectivity index is -0.00000000750. The first-order chi connectivity index (χ1) is 1.73. The summed E-state index contributed by atoms with van der Waals surface area (Å²) in [5.41, 5.74) is 8.50. The summed E-state index contributed by atoms with van der Waals surface area (Å²) in [6.07, 6.45) is 0. The smallest absolute Gasteiger partial charge is 1.00 e. The Morgan fingerprint density at radius 1 is 1.50 bits per heavy atom. The third kappa shape index (κ3) is 76.0. The zero-order valence-electron chi connectivity index (χ0n) is 5.18. The van der Waals surface area contributed by atoms with Crippen molar-refractivity contribution in [3.63, 3.8) is 0 Å². The van der Waals surface area contributed by atoms with Gasteiger partial charge in [0.25, 0.3) is 0 Å². The Morgan fingerprint density at radius 2 is 1.50 bits per heavy atom. The Labute approximate surface area is 82.1 Å². The van der Waals surface area contributed by atoms with Gasteiger partial charge in [-0.25, -0.2) is 4.79 Å². The minimum absolute atomic E-state index is 0. The number of primary amides is 2. The molecule has 0 bridgehead atoms.